The molecule has 0 saturated heterocycles. The number of sulfonamides is 1. The van der Waals surface area contributed by atoms with Gasteiger partial charge in [0, 0.05) is 12.6 Å². The van der Waals surface area contributed by atoms with Gasteiger partial charge in [0.2, 0.25) is 0 Å². The molecule has 0 aromatic heterocycles. The number of nitrogens with one attached hydrogen (secondary N) is 1. The van der Waals surface area contributed by atoms with Gasteiger partial charge in [-0.15, -0.1) is 0 Å². The van der Waals surface area contributed by atoms with E-state index in [9.17, 15) is 13.2 Å². The highest BCUT2D eigenvalue weighted by atomic mass is 32.2. The highest BCUT2D eigenvalue weighted by Crippen LogP contribution is 2.26. The Morgan fingerprint density at radius 2 is 1.61 bits per heavy atom. The van der Waals surface area contributed by atoms with Crippen LogP contribution in [0.3, 0.4) is 0 Å². The Kier molecular flexibility index (Phi) is 6.51. The van der Waals surface area contributed by atoms with Crippen LogP contribution in [0.25, 0.3) is 0 Å². The molecule has 6 heteroatoms. The number of carbonyl (C=O) groups is 1. The SMILES string of the molecule is Cc1ccc(C(C)NC(=O)c2cccc(S(=O)(=O)N(C)c3ccccc3C)c2)c(C)c1. The van der Waals surface area contributed by atoms with E-state index in [-0.39, 0.29) is 16.8 Å². The first-order valence-corrected chi connectivity index (χ1v) is 11.6. The van der Waals surface area contributed by atoms with Crippen molar-refractivity contribution in [2.45, 2.75) is 38.6 Å². The third-order valence-corrected chi connectivity index (χ3v) is 7.22. The zero-order valence-corrected chi connectivity index (χ0v) is 19.3. The van der Waals surface area contributed by atoms with E-state index in [4.69, 9.17) is 0 Å². The third-order valence-electron chi connectivity index (χ3n) is 5.45. The lowest BCUT2D eigenvalue weighted by molar-refractivity contribution is 0.0939. The van der Waals surface area contributed by atoms with Crippen molar-refractivity contribution in [3.05, 3.63) is 94.5 Å². The van der Waals surface area contributed by atoms with Gasteiger partial charge in [0.15, 0.2) is 0 Å². The number of hydrogen-bond donors (Lipinski definition) is 1. The monoisotopic (exact) mass is 436 g/mol. The first kappa shape index (κ1) is 22.6. The second-order valence-corrected chi connectivity index (χ2v) is 9.81. The topological polar surface area (TPSA) is 66.5 Å². The number of para-hydroxylation sites is 1. The van der Waals surface area contributed by atoms with E-state index in [0.29, 0.717) is 11.3 Å². The van der Waals surface area contributed by atoms with Gasteiger partial charge in [0.25, 0.3) is 15.9 Å². The average molecular weight is 437 g/mol. The molecule has 1 amide bonds. The van der Waals surface area contributed by atoms with Crippen LogP contribution in [0, 0.1) is 20.8 Å². The Morgan fingerprint density at radius 1 is 0.903 bits per heavy atom. The Balaban J connectivity index is 1.85. The summed E-state index contributed by atoms with van der Waals surface area (Å²) in [5, 5.41) is 2.97. The summed E-state index contributed by atoms with van der Waals surface area (Å²) in [6, 6.07) is 19.3. The third kappa shape index (κ3) is 4.80. The summed E-state index contributed by atoms with van der Waals surface area (Å²) in [6.07, 6.45) is 0. The molecule has 0 spiro atoms. The Bertz CT molecular complexity index is 1220. The summed E-state index contributed by atoms with van der Waals surface area (Å²) >= 11 is 0. The molecule has 3 aromatic rings. The number of hydrogen-bond acceptors (Lipinski definition) is 3. The minimum atomic E-state index is -3.81. The lowest BCUT2D eigenvalue weighted by atomic mass is 10.00. The minimum absolute atomic E-state index is 0.0741. The van der Waals surface area contributed by atoms with Crippen molar-refractivity contribution in [3.8, 4) is 0 Å². The van der Waals surface area contributed by atoms with Crippen molar-refractivity contribution in [1.29, 1.82) is 0 Å². The van der Waals surface area contributed by atoms with Crippen LogP contribution in [0.15, 0.2) is 71.6 Å². The van der Waals surface area contributed by atoms with E-state index < -0.39 is 10.0 Å². The molecule has 3 rings (SSSR count). The maximum atomic E-state index is 13.2. The largest absolute Gasteiger partial charge is 0.346 e. The first-order chi connectivity index (χ1) is 14.6. The van der Waals surface area contributed by atoms with Gasteiger partial charge in [-0.3, -0.25) is 9.10 Å². The maximum Gasteiger partial charge on any atom is 0.264 e. The molecule has 1 atom stereocenters. The fraction of sp³-hybridized carbons (Fsp3) is 0.240. The fourth-order valence-electron chi connectivity index (χ4n) is 3.67. The summed E-state index contributed by atoms with van der Waals surface area (Å²) in [7, 11) is -2.29. The van der Waals surface area contributed by atoms with Gasteiger partial charge in [-0.1, -0.05) is 48.0 Å². The molecule has 0 fully saturated rings. The van der Waals surface area contributed by atoms with Crippen molar-refractivity contribution < 1.29 is 13.2 Å². The highest BCUT2D eigenvalue weighted by molar-refractivity contribution is 7.92. The van der Waals surface area contributed by atoms with Gasteiger partial charge in [-0.2, -0.15) is 0 Å². The van der Waals surface area contributed by atoms with Crippen LogP contribution in [0.1, 0.15) is 45.6 Å². The number of carbonyl (C=O) groups excluding carboxylic acids is 1. The van der Waals surface area contributed by atoms with Gasteiger partial charge >= 0.3 is 0 Å². The van der Waals surface area contributed by atoms with Crippen LogP contribution in [0.2, 0.25) is 0 Å². The molecule has 31 heavy (non-hydrogen) atoms. The van der Waals surface area contributed by atoms with Gasteiger partial charge in [0.05, 0.1) is 16.6 Å². The molecule has 0 aliphatic heterocycles. The number of rotatable bonds is 6. The predicted octanol–water partition coefficient (Wildman–Crippen LogP) is 4.93. The molecule has 0 heterocycles. The number of nitrogens with zero attached hydrogens (tertiary/aromatic N) is 1. The minimum Gasteiger partial charge on any atom is -0.346 e. The Labute approximate surface area is 184 Å². The van der Waals surface area contributed by atoms with Crippen LogP contribution < -0.4 is 9.62 Å². The molecule has 1 N–H and O–H groups in total. The van der Waals surface area contributed by atoms with Gasteiger partial charge in [-0.05, 0) is 68.7 Å². The summed E-state index contributed by atoms with van der Waals surface area (Å²) in [4.78, 5) is 12.9. The highest BCUT2D eigenvalue weighted by Gasteiger charge is 2.24. The summed E-state index contributed by atoms with van der Waals surface area (Å²) in [6.45, 7) is 7.82. The van der Waals surface area contributed by atoms with Crippen LogP contribution in [-0.2, 0) is 10.0 Å². The zero-order valence-electron chi connectivity index (χ0n) is 18.5. The van der Waals surface area contributed by atoms with E-state index >= 15 is 0 Å². The Morgan fingerprint density at radius 3 is 2.29 bits per heavy atom. The summed E-state index contributed by atoms with van der Waals surface area (Å²) < 4.78 is 27.6. The van der Waals surface area contributed by atoms with E-state index in [0.717, 1.165) is 22.3 Å². The maximum absolute atomic E-state index is 13.2. The number of anilines is 1. The molecule has 0 aliphatic rings. The van der Waals surface area contributed by atoms with E-state index in [1.54, 1.807) is 24.3 Å². The van der Waals surface area contributed by atoms with Crippen molar-refractivity contribution in [2.24, 2.45) is 0 Å². The number of amides is 1. The molecule has 1 unspecified atom stereocenters. The van der Waals surface area contributed by atoms with Crippen molar-refractivity contribution in [3.63, 3.8) is 0 Å². The fourth-order valence-corrected chi connectivity index (χ4v) is 4.98. The molecule has 5 nitrogen and oxygen atoms in total. The predicted molar refractivity (Wildman–Crippen MR) is 125 cm³/mol. The van der Waals surface area contributed by atoms with Crippen molar-refractivity contribution >= 4 is 21.6 Å². The Hall–Kier alpha value is -3.12. The molecular weight excluding hydrogens is 408 g/mol. The normalized spacial score (nSPS) is 12.3. The molecule has 3 aromatic carbocycles. The van der Waals surface area contributed by atoms with Crippen LogP contribution in [-0.4, -0.2) is 21.4 Å². The molecule has 0 saturated carbocycles. The molecule has 162 valence electrons. The first-order valence-electron chi connectivity index (χ1n) is 10.1. The van der Waals surface area contributed by atoms with E-state index in [1.807, 2.05) is 52.0 Å². The molecular formula is C25H28N2O3S. The molecule has 0 radical (unpaired) electrons. The van der Waals surface area contributed by atoms with Gasteiger partial charge in [-0.25, -0.2) is 8.42 Å². The zero-order chi connectivity index (χ0) is 22.8. The summed E-state index contributed by atoms with van der Waals surface area (Å²) in [5.74, 6) is -0.317. The second kappa shape index (κ2) is 8.94. The quantitative estimate of drug-likeness (QED) is 0.596. The standard InChI is InChI=1S/C25H28N2O3S/c1-17-13-14-23(19(3)15-17)20(4)26-25(28)21-10-8-11-22(16-21)31(29,30)27(5)24-12-7-6-9-18(24)2/h6-16,20H,1-5H3,(H,26,28). The number of aryl methyl sites for hydroxylation is 3. The van der Waals surface area contributed by atoms with Crippen LogP contribution in [0.5, 0.6) is 0 Å². The number of benzene rings is 3. The van der Waals surface area contributed by atoms with E-state index in [1.165, 1.54) is 23.5 Å². The van der Waals surface area contributed by atoms with E-state index in [2.05, 4.69) is 11.4 Å². The van der Waals surface area contributed by atoms with Crippen LogP contribution >= 0.6 is 0 Å². The van der Waals surface area contributed by atoms with Gasteiger partial charge < -0.3 is 5.32 Å². The van der Waals surface area contributed by atoms with Gasteiger partial charge in [0.1, 0.15) is 0 Å². The van der Waals surface area contributed by atoms with Crippen molar-refractivity contribution in [2.75, 3.05) is 11.4 Å². The lowest BCUT2D eigenvalue weighted by Gasteiger charge is -2.22. The molecule has 0 aliphatic carbocycles. The van der Waals surface area contributed by atoms with Crippen molar-refractivity contribution in [1.82, 2.24) is 5.32 Å². The smallest absolute Gasteiger partial charge is 0.264 e. The van der Waals surface area contributed by atoms with Crippen LogP contribution in [0.4, 0.5) is 5.69 Å². The average Bonchev–Trinajstić information content (AvgIpc) is 2.73. The molecule has 0 bridgehead atoms. The second-order valence-electron chi connectivity index (χ2n) is 7.84. The summed E-state index contributed by atoms with van der Waals surface area (Å²) in [5.41, 5.74) is 5.04. The lowest BCUT2D eigenvalue weighted by Crippen LogP contribution is -2.29.